The molecule has 0 aliphatic heterocycles. The molecular formula is C28H31ClO5. The lowest BCUT2D eigenvalue weighted by atomic mass is 9.99. The predicted molar refractivity (Wildman–Crippen MR) is 135 cm³/mol. The number of carboxylic acid groups (broad SMARTS) is 1. The molecule has 1 unspecified atom stereocenters. The summed E-state index contributed by atoms with van der Waals surface area (Å²) in [5, 5.41) is 9.55. The number of benzene rings is 3. The minimum absolute atomic E-state index is 0.107. The highest BCUT2D eigenvalue weighted by molar-refractivity contribution is 6.30. The van der Waals surface area contributed by atoms with E-state index in [9.17, 15) is 4.79 Å². The summed E-state index contributed by atoms with van der Waals surface area (Å²) in [4.78, 5) is 10.9. The monoisotopic (exact) mass is 482 g/mol. The van der Waals surface area contributed by atoms with E-state index >= 15 is 0 Å². The molecule has 0 aliphatic rings. The molecule has 1 N–H and O–H groups in total. The molecule has 0 fully saturated rings. The van der Waals surface area contributed by atoms with E-state index in [1.165, 1.54) is 0 Å². The summed E-state index contributed by atoms with van der Waals surface area (Å²) in [7, 11) is 0. The van der Waals surface area contributed by atoms with E-state index in [0.29, 0.717) is 41.7 Å². The first-order valence-electron chi connectivity index (χ1n) is 11.6. The molecule has 6 heteroatoms. The zero-order chi connectivity index (χ0) is 24.3. The lowest BCUT2D eigenvalue weighted by Crippen LogP contribution is -2.16. The molecule has 0 spiro atoms. The van der Waals surface area contributed by atoms with Crippen molar-refractivity contribution < 1.29 is 24.1 Å². The molecule has 0 saturated carbocycles. The van der Waals surface area contributed by atoms with Crippen molar-refractivity contribution in [1.82, 2.24) is 0 Å². The van der Waals surface area contributed by atoms with Crippen LogP contribution in [0.15, 0.2) is 66.7 Å². The van der Waals surface area contributed by atoms with Crippen LogP contribution in [0.25, 0.3) is 0 Å². The van der Waals surface area contributed by atoms with E-state index in [-0.39, 0.29) is 12.5 Å². The molecule has 0 amide bonds. The number of hydrogen-bond acceptors (Lipinski definition) is 4. The molecule has 180 valence electrons. The van der Waals surface area contributed by atoms with E-state index in [1.54, 1.807) is 12.1 Å². The van der Waals surface area contributed by atoms with Gasteiger partial charge in [-0.2, -0.15) is 0 Å². The summed E-state index contributed by atoms with van der Waals surface area (Å²) in [6, 6.07) is 20.7. The first-order chi connectivity index (χ1) is 16.4. The smallest absolute Gasteiger partial charge is 0.303 e. The number of aryl methyl sites for hydroxylation is 2. The zero-order valence-corrected chi connectivity index (χ0v) is 20.4. The first-order valence-corrected chi connectivity index (χ1v) is 12.0. The quantitative estimate of drug-likeness (QED) is 0.276. The Hall–Kier alpha value is -3.18. The largest absolute Gasteiger partial charge is 0.493 e. The van der Waals surface area contributed by atoms with Gasteiger partial charge in [-0.1, -0.05) is 49.2 Å². The molecule has 0 aliphatic carbocycles. The van der Waals surface area contributed by atoms with Crippen LogP contribution in [0.1, 0.15) is 44.2 Å². The molecular weight excluding hydrogens is 452 g/mol. The van der Waals surface area contributed by atoms with Crippen LogP contribution in [0.5, 0.6) is 23.0 Å². The molecule has 3 aromatic rings. The Morgan fingerprint density at radius 2 is 1.74 bits per heavy atom. The average Bonchev–Trinajstić information content (AvgIpc) is 2.81. The second-order valence-electron chi connectivity index (χ2n) is 8.15. The predicted octanol–water partition coefficient (Wildman–Crippen LogP) is 7.34. The Morgan fingerprint density at radius 1 is 0.941 bits per heavy atom. The summed E-state index contributed by atoms with van der Waals surface area (Å²) < 4.78 is 18.1. The van der Waals surface area contributed by atoms with Crippen molar-refractivity contribution in [3.63, 3.8) is 0 Å². The van der Waals surface area contributed by atoms with Crippen molar-refractivity contribution >= 4 is 17.6 Å². The topological polar surface area (TPSA) is 65.0 Å². The molecule has 0 bridgehead atoms. The Kier molecular flexibility index (Phi) is 9.65. The Morgan fingerprint density at radius 3 is 2.47 bits per heavy atom. The van der Waals surface area contributed by atoms with Gasteiger partial charge in [0, 0.05) is 23.9 Å². The van der Waals surface area contributed by atoms with Crippen LogP contribution >= 0.6 is 11.6 Å². The minimum Gasteiger partial charge on any atom is -0.493 e. The number of hydrogen-bond donors (Lipinski definition) is 1. The van der Waals surface area contributed by atoms with Crippen molar-refractivity contribution in [2.75, 3.05) is 6.61 Å². The highest BCUT2D eigenvalue weighted by atomic mass is 35.5. The van der Waals surface area contributed by atoms with E-state index < -0.39 is 5.97 Å². The van der Waals surface area contributed by atoms with Crippen LogP contribution < -0.4 is 14.2 Å². The number of ether oxygens (including phenoxy) is 3. The van der Waals surface area contributed by atoms with Crippen molar-refractivity contribution in [3.05, 3.63) is 82.9 Å². The summed E-state index contributed by atoms with van der Waals surface area (Å²) >= 11 is 6.17. The maximum Gasteiger partial charge on any atom is 0.303 e. The second kappa shape index (κ2) is 12.9. The van der Waals surface area contributed by atoms with Gasteiger partial charge in [0.05, 0.1) is 12.7 Å². The van der Waals surface area contributed by atoms with Crippen molar-refractivity contribution in [3.8, 4) is 23.0 Å². The van der Waals surface area contributed by atoms with Crippen LogP contribution in [0.2, 0.25) is 5.02 Å². The lowest BCUT2D eigenvalue weighted by molar-refractivity contribution is -0.136. The van der Waals surface area contributed by atoms with Gasteiger partial charge < -0.3 is 19.3 Å². The fraction of sp³-hybridized carbons (Fsp3) is 0.321. The van der Waals surface area contributed by atoms with Crippen LogP contribution in [-0.4, -0.2) is 23.8 Å². The Balaban J connectivity index is 1.57. The molecule has 0 saturated heterocycles. The SMILES string of the molecule is CCCc1cc(OCCC(C)Oc2ccc(Cl)cc2Oc2ccccc2)ccc1CCC(=O)O. The normalized spacial score (nSPS) is 11.6. The van der Waals surface area contributed by atoms with Crippen LogP contribution in [0, 0.1) is 0 Å². The van der Waals surface area contributed by atoms with Gasteiger partial charge in [-0.25, -0.2) is 0 Å². The second-order valence-corrected chi connectivity index (χ2v) is 8.58. The maximum atomic E-state index is 10.9. The van der Waals surface area contributed by atoms with Crippen molar-refractivity contribution in [1.29, 1.82) is 0 Å². The minimum atomic E-state index is -0.783. The number of halogens is 1. The molecule has 5 nitrogen and oxygen atoms in total. The van der Waals surface area contributed by atoms with Crippen molar-refractivity contribution in [2.45, 2.75) is 52.1 Å². The average molecular weight is 483 g/mol. The van der Waals surface area contributed by atoms with Crippen molar-refractivity contribution in [2.24, 2.45) is 0 Å². The number of aliphatic carboxylic acids is 1. The van der Waals surface area contributed by atoms with Gasteiger partial charge in [0.25, 0.3) is 0 Å². The number of para-hydroxylation sites is 1. The Bertz CT molecular complexity index is 1070. The summed E-state index contributed by atoms with van der Waals surface area (Å²) in [6.07, 6.45) is 3.12. The van der Waals surface area contributed by atoms with E-state index in [2.05, 4.69) is 6.92 Å². The van der Waals surface area contributed by atoms with Gasteiger partial charge in [-0.05, 0) is 67.3 Å². The third-order valence-corrected chi connectivity index (χ3v) is 5.54. The Labute approximate surface area is 206 Å². The first kappa shape index (κ1) is 25.4. The van der Waals surface area contributed by atoms with Gasteiger partial charge in [0.1, 0.15) is 11.5 Å². The van der Waals surface area contributed by atoms with E-state index in [0.717, 1.165) is 29.7 Å². The highest BCUT2D eigenvalue weighted by Gasteiger charge is 2.13. The van der Waals surface area contributed by atoms with E-state index in [1.807, 2.05) is 61.5 Å². The standard InChI is InChI=1S/C28H31ClO5/c1-3-7-22-18-25(13-10-21(22)11-15-28(30)31)32-17-16-20(2)33-26-14-12-23(29)19-27(26)34-24-8-5-4-6-9-24/h4-6,8-10,12-14,18-20H,3,7,11,15-17H2,1-2H3,(H,30,31). The van der Waals surface area contributed by atoms with Crippen LogP contribution in [0.4, 0.5) is 0 Å². The van der Waals surface area contributed by atoms with Gasteiger partial charge in [0.2, 0.25) is 0 Å². The van der Waals surface area contributed by atoms with Gasteiger partial charge in [-0.3, -0.25) is 4.79 Å². The number of carboxylic acids is 1. The molecule has 3 aromatic carbocycles. The van der Waals surface area contributed by atoms with Gasteiger partial charge >= 0.3 is 5.97 Å². The summed E-state index contributed by atoms with van der Waals surface area (Å²) in [5.74, 6) is 1.89. The summed E-state index contributed by atoms with van der Waals surface area (Å²) in [6.45, 7) is 4.59. The maximum absolute atomic E-state index is 10.9. The number of rotatable bonds is 13. The third-order valence-electron chi connectivity index (χ3n) is 5.30. The molecule has 1 atom stereocenters. The van der Waals surface area contributed by atoms with Gasteiger partial charge in [-0.15, -0.1) is 0 Å². The summed E-state index contributed by atoms with van der Waals surface area (Å²) in [5.41, 5.74) is 2.22. The molecule has 0 heterocycles. The zero-order valence-electron chi connectivity index (χ0n) is 19.6. The fourth-order valence-electron chi connectivity index (χ4n) is 3.57. The van der Waals surface area contributed by atoms with Crippen LogP contribution in [-0.2, 0) is 17.6 Å². The van der Waals surface area contributed by atoms with E-state index in [4.69, 9.17) is 30.9 Å². The molecule has 3 rings (SSSR count). The lowest BCUT2D eigenvalue weighted by Gasteiger charge is -2.18. The van der Waals surface area contributed by atoms with Gasteiger partial charge in [0.15, 0.2) is 11.5 Å². The van der Waals surface area contributed by atoms with Crippen LogP contribution in [0.3, 0.4) is 0 Å². The molecule has 0 aromatic heterocycles. The molecule has 0 radical (unpaired) electrons. The third kappa shape index (κ3) is 7.99. The number of carbonyl (C=O) groups is 1. The highest BCUT2D eigenvalue weighted by Crippen LogP contribution is 2.35. The fourth-order valence-corrected chi connectivity index (χ4v) is 3.73. The molecule has 34 heavy (non-hydrogen) atoms.